The number of rotatable bonds is 4. The number of hydrogen-bond donors (Lipinski definition) is 2. The van der Waals surface area contributed by atoms with Crippen molar-refractivity contribution in [3.05, 3.63) is 42.5 Å². The molecule has 0 radical (unpaired) electrons. The molecule has 0 saturated carbocycles. The van der Waals surface area contributed by atoms with Crippen molar-refractivity contribution in [3.63, 3.8) is 0 Å². The van der Waals surface area contributed by atoms with E-state index in [9.17, 15) is 4.79 Å². The lowest BCUT2D eigenvalue weighted by Crippen LogP contribution is -2.29. The number of unbranched alkanes of at least 4 members (excludes halogenated alkanes) is 1. The van der Waals surface area contributed by atoms with Crippen LogP contribution in [-0.4, -0.2) is 12.6 Å². The molecular weight excluding hydrogens is 224 g/mol. The van der Waals surface area contributed by atoms with Gasteiger partial charge in [0.25, 0.3) is 0 Å². The maximum atomic E-state index is 11.7. The molecule has 0 atom stereocenters. The van der Waals surface area contributed by atoms with Gasteiger partial charge in [0, 0.05) is 14.8 Å². The molecule has 0 unspecified atom stereocenters. The number of fused-ring (bicyclic) bond motifs is 1. The van der Waals surface area contributed by atoms with Gasteiger partial charge in [-0.2, -0.15) is 0 Å². The summed E-state index contributed by atoms with van der Waals surface area (Å²) in [6.07, 6.45) is 2.08. The highest BCUT2D eigenvalue weighted by atomic mass is 16.2. The highest BCUT2D eigenvalue weighted by Gasteiger charge is 2.03. The van der Waals surface area contributed by atoms with Gasteiger partial charge in [-0.25, -0.2) is 4.79 Å². The van der Waals surface area contributed by atoms with E-state index in [1.54, 1.807) is 0 Å². The number of carbonyl (C=O) groups is 1. The molecule has 2 rings (SSSR count). The van der Waals surface area contributed by atoms with Crippen molar-refractivity contribution in [1.29, 1.82) is 0 Å². The molecule has 3 heteroatoms. The Hall–Kier alpha value is -2.03. The summed E-state index contributed by atoms with van der Waals surface area (Å²) in [6.45, 7) is 2.82. The maximum Gasteiger partial charge on any atom is 0.319 e. The fourth-order valence-electron chi connectivity index (χ4n) is 1.88. The van der Waals surface area contributed by atoms with Crippen LogP contribution in [0.15, 0.2) is 42.5 Å². The first-order chi connectivity index (χ1) is 8.81. The standard InChI is InChI=1S/C15H18N2O.2H2/c1-2-3-11-16-15(18)17-14-10-6-8-12-7-4-5-9-13(12)14;;/h4-10H,2-3,11H2,1H3,(H2,16,17,18);2*1H. The first kappa shape index (κ1) is 12.4. The lowest BCUT2D eigenvalue weighted by Gasteiger charge is -2.09. The fraction of sp³-hybridized carbons (Fsp3) is 0.267. The molecule has 2 aromatic carbocycles. The van der Waals surface area contributed by atoms with E-state index in [1.165, 1.54) is 0 Å². The van der Waals surface area contributed by atoms with Gasteiger partial charge in [0.05, 0.1) is 5.69 Å². The summed E-state index contributed by atoms with van der Waals surface area (Å²) in [4.78, 5) is 11.7. The lowest BCUT2D eigenvalue weighted by molar-refractivity contribution is 0.252. The first-order valence-corrected chi connectivity index (χ1v) is 6.34. The SMILES string of the molecule is CCCCNC(=O)Nc1cccc2ccccc12.[HH].[HH]. The molecule has 0 aliphatic heterocycles. The van der Waals surface area contributed by atoms with Crippen molar-refractivity contribution >= 4 is 22.5 Å². The summed E-state index contributed by atoms with van der Waals surface area (Å²) >= 11 is 0. The average molecular weight is 246 g/mol. The Labute approximate surface area is 110 Å². The van der Waals surface area contributed by atoms with Crippen LogP contribution in [0.2, 0.25) is 0 Å². The molecule has 0 fully saturated rings. The van der Waals surface area contributed by atoms with Crippen molar-refractivity contribution in [2.45, 2.75) is 19.8 Å². The monoisotopic (exact) mass is 246 g/mol. The van der Waals surface area contributed by atoms with E-state index < -0.39 is 0 Å². The van der Waals surface area contributed by atoms with Gasteiger partial charge < -0.3 is 10.6 Å². The van der Waals surface area contributed by atoms with Crippen LogP contribution in [0, 0.1) is 0 Å². The molecule has 0 spiro atoms. The summed E-state index contributed by atoms with van der Waals surface area (Å²) in [6, 6.07) is 13.8. The molecule has 0 heterocycles. The average Bonchev–Trinajstić information content (AvgIpc) is 2.39. The second kappa shape index (κ2) is 6.05. The summed E-state index contributed by atoms with van der Waals surface area (Å²) < 4.78 is 0. The molecule has 0 saturated heterocycles. The van der Waals surface area contributed by atoms with Crippen LogP contribution < -0.4 is 10.6 Å². The molecular formula is C15H22N2O. The predicted octanol–water partition coefficient (Wildman–Crippen LogP) is 4.25. The molecule has 0 aliphatic rings. The number of hydrogen-bond acceptors (Lipinski definition) is 1. The third kappa shape index (κ3) is 3.00. The van der Waals surface area contributed by atoms with Crippen LogP contribution >= 0.6 is 0 Å². The van der Waals surface area contributed by atoms with Gasteiger partial charge >= 0.3 is 6.03 Å². The summed E-state index contributed by atoms with van der Waals surface area (Å²) in [5, 5.41) is 7.93. The van der Waals surface area contributed by atoms with Crippen LogP contribution in [0.1, 0.15) is 22.6 Å². The first-order valence-electron chi connectivity index (χ1n) is 6.34. The molecule has 0 aromatic heterocycles. The molecule has 2 aromatic rings. The van der Waals surface area contributed by atoms with Crippen molar-refractivity contribution < 1.29 is 7.65 Å². The highest BCUT2D eigenvalue weighted by Crippen LogP contribution is 2.22. The highest BCUT2D eigenvalue weighted by molar-refractivity contribution is 6.01. The maximum absolute atomic E-state index is 11.7. The quantitative estimate of drug-likeness (QED) is 0.778. The zero-order valence-electron chi connectivity index (χ0n) is 10.6. The van der Waals surface area contributed by atoms with Gasteiger partial charge in [0.1, 0.15) is 0 Å². The van der Waals surface area contributed by atoms with Gasteiger partial charge in [-0.1, -0.05) is 49.7 Å². The van der Waals surface area contributed by atoms with Gasteiger partial charge in [-0.3, -0.25) is 0 Å². The van der Waals surface area contributed by atoms with E-state index in [0.29, 0.717) is 6.54 Å². The van der Waals surface area contributed by atoms with Gasteiger partial charge in [-0.05, 0) is 17.9 Å². The number of benzene rings is 2. The van der Waals surface area contributed by atoms with Crippen LogP contribution in [0.3, 0.4) is 0 Å². The third-order valence-electron chi connectivity index (χ3n) is 2.85. The minimum atomic E-state index is -0.139. The lowest BCUT2D eigenvalue weighted by atomic mass is 10.1. The molecule has 98 valence electrons. The minimum absolute atomic E-state index is 0. The molecule has 18 heavy (non-hydrogen) atoms. The second-order valence-electron chi connectivity index (χ2n) is 4.26. The normalized spacial score (nSPS) is 10.3. The van der Waals surface area contributed by atoms with Crippen LogP contribution in [0.4, 0.5) is 10.5 Å². The largest absolute Gasteiger partial charge is 0.338 e. The Balaban J connectivity index is 0.00000180. The Morgan fingerprint density at radius 3 is 2.78 bits per heavy atom. The number of nitrogens with one attached hydrogen (secondary N) is 2. The third-order valence-corrected chi connectivity index (χ3v) is 2.85. The number of carbonyl (C=O) groups excluding carboxylic acids is 1. The van der Waals surface area contributed by atoms with Gasteiger partial charge in [-0.15, -0.1) is 0 Å². The Morgan fingerprint density at radius 2 is 1.94 bits per heavy atom. The molecule has 0 aliphatic carbocycles. The van der Waals surface area contributed by atoms with E-state index in [0.717, 1.165) is 29.3 Å². The topological polar surface area (TPSA) is 41.1 Å². The summed E-state index contributed by atoms with van der Waals surface area (Å²) in [5.41, 5.74) is 0.849. The molecule has 2 amide bonds. The van der Waals surface area contributed by atoms with Gasteiger partial charge in [0.2, 0.25) is 0 Å². The van der Waals surface area contributed by atoms with Crippen molar-refractivity contribution in [2.75, 3.05) is 11.9 Å². The van der Waals surface area contributed by atoms with Crippen LogP contribution in [0.5, 0.6) is 0 Å². The van der Waals surface area contributed by atoms with E-state index in [4.69, 9.17) is 0 Å². The van der Waals surface area contributed by atoms with Crippen molar-refractivity contribution in [1.82, 2.24) is 5.32 Å². The summed E-state index contributed by atoms with van der Waals surface area (Å²) in [7, 11) is 0. The number of urea groups is 1. The van der Waals surface area contributed by atoms with E-state index in [2.05, 4.69) is 17.6 Å². The Kier molecular flexibility index (Phi) is 4.18. The second-order valence-corrected chi connectivity index (χ2v) is 4.26. The number of anilines is 1. The Bertz CT molecular complexity index is 541. The summed E-state index contributed by atoms with van der Waals surface area (Å²) in [5.74, 6) is 0. The smallest absolute Gasteiger partial charge is 0.319 e. The molecule has 3 nitrogen and oxygen atoms in total. The minimum Gasteiger partial charge on any atom is -0.338 e. The van der Waals surface area contributed by atoms with Crippen molar-refractivity contribution in [2.24, 2.45) is 0 Å². The molecule has 0 bridgehead atoms. The van der Waals surface area contributed by atoms with Crippen LogP contribution in [0.25, 0.3) is 10.8 Å². The van der Waals surface area contributed by atoms with E-state index >= 15 is 0 Å². The molecule has 2 N–H and O–H groups in total. The van der Waals surface area contributed by atoms with Crippen LogP contribution in [-0.2, 0) is 0 Å². The van der Waals surface area contributed by atoms with Gasteiger partial charge in [0.15, 0.2) is 0 Å². The zero-order valence-corrected chi connectivity index (χ0v) is 10.6. The van der Waals surface area contributed by atoms with E-state index in [1.807, 2.05) is 42.5 Å². The predicted molar refractivity (Wildman–Crippen MR) is 80.1 cm³/mol. The van der Waals surface area contributed by atoms with E-state index in [-0.39, 0.29) is 8.88 Å². The fourth-order valence-corrected chi connectivity index (χ4v) is 1.88. The number of amides is 2. The van der Waals surface area contributed by atoms with Crippen molar-refractivity contribution in [3.8, 4) is 0 Å². The zero-order chi connectivity index (χ0) is 12.8. The Morgan fingerprint density at radius 1 is 1.17 bits per heavy atom.